The molecule has 0 heterocycles. The molecule has 0 fully saturated rings. The van der Waals surface area contributed by atoms with E-state index < -0.39 is 24.1 Å². The van der Waals surface area contributed by atoms with Gasteiger partial charge in [0.2, 0.25) is 5.91 Å². The van der Waals surface area contributed by atoms with Gasteiger partial charge in [0.1, 0.15) is 12.3 Å². The average Bonchev–Trinajstić information content (AvgIpc) is 2.88. The van der Waals surface area contributed by atoms with Gasteiger partial charge in [-0.2, -0.15) is 0 Å². The van der Waals surface area contributed by atoms with Crippen LogP contribution in [0.3, 0.4) is 0 Å². The normalized spacial score (nSPS) is 12.3. The first-order valence-electron chi connectivity index (χ1n) is 11.2. The first kappa shape index (κ1) is 26.5. The highest BCUT2D eigenvalue weighted by Gasteiger charge is 2.26. The SMILES string of the molecule is Cc1ccccc1CNCC(=O)Nc1ccc(-c2ccc(C(=O)N[C@H](C(=O)NO)[C@@H](N)O)cc2)cc1. The van der Waals surface area contributed by atoms with Crippen LogP contribution in [0, 0.1) is 6.92 Å². The van der Waals surface area contributed by atoms with Crippen LogP contribution in [0.4, 0.5) is 5.69 Å². The van der Waals surface area contributed by atoms with Crippen LogP contribution in [0.25, 0.3) is 11.1 Å². The van der Waals surface area contributed by atoms with Crippen molar-refractivity contribution in [3.8, 4) is 11.1 Å². The summed E-state index contributed by atoms with van der Waals surface area (Å²) in [5.41, 5.74) is 11.5. The van der Waals surface area contributed by atoms with Gasteiger partial charge in [-0.1, -0.05) is 48.5 Å². The fourth-order valence-corrected chi connectivity index (χ4v) is 3.48. The number of aryl methyl sites for hydroxylation is 1. The minimum atomic E-state index is -1.69. The zero-order chi connectivity index (χ0) is 26.1. The van der Waals surface area contributed by atoms with Crippen LogP contribution in [-0.2, 0) is 16.1 Å². The Morgan fingerprint density at radius 2 is 1.53 bits per heavy atom. The van der Waals surface area contributed by atoms with Crippen LogP contribution in [0.1, 0.15) is 21.5 Å². The number of anilines is 1. The van der Waals surface area contributed by atoms with E-state index >= 15 is 0 Å². The summed E-state index contributed by atoms with van der Waals surface area (Å²) in [4.78, 5) is 36.1. The molecule has 0 bridgehead atoms. The molecule has 3 rings (SSSR count). The lowest BCUT2D eigenvalue weighted by Crippen LogP contribution is -2.55. The Bertz CT molecular complexity index is 1200. The maximum absolute atomic E-state index is 12.4. The van der Waals surface area contributed by atoms with Crippen LogP contribution >= 0.6 is 0 Å². The van der Waals surface area contributed by atoms with E-state index in [2.05, 4.69) is 16.0 Å². The van der Waals surface area contributed by atoms with E-state index in [0.29, 0.717) is 12.2 Å². The molecule has 3 amide bonds. The van der Waals surface area contributed by atoms with Crippen molar-refractivity contribution in [1.29, 1.82) is 0 Å². The monoisotopic (exact) mass is 491 g/mol. The van der Waals surface area contributed by atoms with E-state index in [1.54, 1.807) is 36.4 Å². The van der Waals surface area contributed by atoms with Gasteiger partial charge >= 0.3 is 0 Å². The smallest absolute Gasteiger partial charge is 0.270 e. The largest absolute Gasteiger partial charge is 0.376 e. The van der Waals surface area contributed by atoms with Crippen molar-refractivity contribution in [3.05, 3.63) is 89.5 Å². The van der Waals surface area contributed by atoms with Crippen molar-refractivity contribution < 1.29 is 24.7 Å². The Morgan fingerprint density at radius 3 is 2.11 bits per heavy atom. The van der Waals surface area contributed by atoms with Crippen LogP contribution in [0.15, 0.2) is 72.8 Å². The number of aliphatic hydroxyl groups excluding tert-OH is 1. The van der Waals surface area contributed by atoms with Crippen LogP contribution < -0.4 is 27.2 Å². The summed E-state index contributed by atoms with van der Waals surface area (Å²) in [5, 5.41) is 26.4. The molecule has 0 saturated heterocycles. The van der Waals surface area contributed by atoms with Crippen molar-refractivity contribution in [2.24, 2.45) is 5.73 Å². The minimum Gasteiger partial charge on any atom is -0.376 e. The van der Waals surface area contributed by atoms with Gasteiger partial charge in [-0.05, 0) is 53.4 Å². The number of nitrogens with one attached hydrogen (secondary N) is 4. The third-order valence-corrected chi connectivity index (χ3v) is 5.53. The predicted octanol–water partition coefficient (Wildman–Crippen LogP) is 1.27. The fourth-order valence-electron chi connectivity index (χ4n) is 3.48. The van der Waals surface area contributed by atoms with Gasteiger partial charge in [-0.3, -0.25) is 19.6 Å². The van der Waals surface area contributed by atoms with Gasteiger partial charge in [-0.25, -0.2) is 5.48 Å². The zero-order valence-corrected chi connectivity index (χ0v) is 19.7. The van der Waals surface area contributed by atoms with Gasteiger partial charge in [0, 0.05) is 17.8 Å². The molecule has 0 unspecified atom stereocenters. The average molecular weight is 492 g/mol. The first-order valence-corrected chi connectivity index (χ1v) is 11.2. The molecule has 36 heavy (non-hydrogen) atoms. The number of hydrogen-bond acceptors (Lipinski definition) is 7. The third kappa shape index (κ3) is 7.20. The zero-order valence-electron chi connectivity index (χ0n) is 19.7. The number of benzene rings is 3. The molecular formula is C26H29N5O5. The van der Waals surface area contributed by atoms with Gasteiger partial charge in [0.25, 0.3) is 11.8 Å². The van der Waals surface area contributed by atoms with Crippen molar-refractivity contribution in [1.82, 2.24) is 16.1 Å². The molecule has 3 aromatic carbocycles. The molecule has 0 saturated carbocycles. The quantitative estimate of drug-likeness (QED) is 0.127. The van der Waals surface area contributed by atoms with Gasteiger partial charge in [-0.15, -0.1) is 0 Å². The van der Waals surface area contributed by atoms with Gasteiger partial charge < -0.3 is 26.8 Å². The highest BCUT2D eigenvalue weighted by Crippen LogP contribution is 2.22. The predicted molar refractivity (Wildman–Crippen MR) is 135 cm³/mol. The number of nitrogens with two attached hydrogens (primary N) is 1. The molecule has 0 radical (unpaired) electrons. The van der Waals surface area contributed by atoms with Crippen molar-refractivity contribution in [2.45, 2.75) is 25.7 Å². The Labute approximate surface area is 208 Å². The molecular weight excluding hydrogens is 462 g/mol. The molecule has 0 aliphatic heterocycles. The number of hydrogen-bond donors (Lipinski definition) is 7. The molecule has 188 valence electrons. The third-order valence-electron chi connectivity index (χ3n) is 5.53. The number of hydroxylamine groups is 1. The Balaban J connectivity index is 1.54. The summed E-state index contributed by atoms with van der Waals surface area (Å²) in [7, 11) is 0. The lowest BCUT2D eigenvalue weighted by Gasteiger charge is -2.19. The van der Waals surface area contributed by atoms with Crippen molar-refractivity contribution in [2.75, 3.05) is 11.9 Å². The van der Waals surface area contributed by atoms with E-state index in [0.717, 1.165) is 16.7 Å². The van der Waals surface area contributed by atoms with E-state index in [1.807, 2.05) is 43.3 Å². The number of amides is 3. The highest BCUT2D eigenvalue weighted by molar-refractivity contribution is 5.98. The molecule has 8 N–H and O–H groups in total. The fraction of sp³-hybridized carbons (Fsp3) is 0.192. The molecule has 10 nitrogen and oxygen atoms in total. The van der Waals surface area contributed by atoms with E-state index in [4.69, 9.17) is 10.9 Å². The second kappa shape index (κ2) is 12.6. The Kier molecular flexibility index (Phi) is 9.25. The molecule has 0 aliphatic rings. The minimum absolute atomic E-state index is 0.150. The lowest BCUT2D eigenvalue weighted by atomic mass is 10.0. The maximum atomic E-state index is 12.4. The van der Waals surface area contributed by atoms with E-state index in [9.17, 15) is 19.5 Å². The molecule has 0 aliphatic carbocycles. The molecule has 10 heteroatoms. The summed E-state index contributed by atoms with van der Waals surface area (Å²) >= 11 is 0. The second-order valence-electron chi connectivity index (χ2n) is 8.15. The molecule has 0 spiro atoms. The Hall–Kier alpha value is -4.09. The summed E-state index contributed by atoms with van der Waals surface area (Å²) in [6.45, 7) is 2.82. The van der Waals surface area contributed by atoms with E-state index in [-0.39, 0.29) is 18.0 Å². The highest BCUT2D eigenvalue weighted by atomic mass is 16.5. The maximum Gasteiger partial charge on any atom is 0.270 e. The number of rotatable bonds is 10. The summed E-state index contributed by atoms with van der Waals surface area (Å²) in [6.07, 6.45) is -1.69. The summed E-state index contributed by atoms with van der Waals surface area (Å²) < 4.78 is 0. The topological polar surface area (TPSA) is 166 Å². The van der Waals surface area contributed by atoms with Crippen LogP contribution in [0.5, 0.6) is 0 Å². The number of carbonyl (C=O) groups excluding carboxylic acids is 3. The van der Waals surface area contributed by atoms with Crippen molar-refractivity contribution in [3.63, 3.8) is 0 Å². The lowest BCUT2D eigenvalue weighted by molar-refractivity contribution is -0.133. The Morgan fingerprint density at radius 1 is 0.917 bits per heavy atom. The van der Waals surface area contributed by atoms with Crippen LogP contribution in [-0.4, -0.2) is 46.8 Å². The van der Waals surface area contributed by atoms with Gasteiger partial charge in [0.05, 0.1) is 6.54 Å². The van der Waals surface area contributed by atoms with Gasteiger partial charge in [0.15, 0.2) is 0 Å². The molecule has 0 aromatic heterocycles. The number of aliphatic hydroxyl groups is 1. The number of carbonyl (C=O) groups is 3. The standard InChI is InChI=1S/C26H29N5O5/c1-16-4-2-3-5-20(16)14-28-15-22(32)29-21-12-10-18(11-13-21)17-6-8-19(9-7-17)25(34)30-23(24(27)33)26(35)31-36/h2-13,23-24,28,33,36H,14-15,27H2,1H3,(H,29,32)(H,30,34)(H,31,35)/t23-,24-/m0/s1. The first-order chi connectivity index (χ1) is 17.3. The molecule has 2 atom stereocenters. The van der Waals surface area contributed by atoms with E-state index in [1.165, 1.54) is 11.0 Å². The summed E-state index contributed by atoms with van der Waals surface area (Å²) in [6, 6.07) is 20.3. The summed E-state index contributed by atoms with van der Waals surface area (Å²) in [5.74, 6) is -1.83. The van der Waals surface area contributed by atoms with Crippen molar-refractivity contribution >= 4 is 23.4 Å². The second-order valence-corrected chi connectivity index (χ2v) is 8.15. The van der Waals surface area contributed by atoms with Crippen LogP contribution in [0.2, 0.25) is 0 Å². The molecule has 3 aromatic rings.